The summed E-state index contributed by atoms with van der Waals surface area (Å²) in [5, 5.41) is 0. The average molecular weight is 275 g/mol. The van der Waals surface area contributed by atoms with E-state index in [1.165, 1.54) is 17.2 Å². The molecule has 0 saturated heterocycles. The van der Waals surface area contributed by atoms with Gasteiger partial charge in [0.15, 0.2) is 0 Å². The van der Waals surface area contributed by atoms with Crippen LogP contribution in [0, 0.1) is 0 Å². The van der Waals surface area contributed by atoms with Gasteiger partial charge in [-0.05, 0) is 25.0 Å². The maximum Gasteiger partial charge on any atom is 0.405 e. The maximum atomic E-state index is 12.5. The quantitative estimate of drug-likeness (QED) is 0.856. The first-order valence-electron chi connectivity index (χ1n) is 5.46. The van der Waals surface area contributed by atoms with Gasteiger partial charge in [-0.2, -0.15) is 13.2 Å². The molecule has 0 radical (unpaired) electrons. The fourth-order valence-electron chi connectivity index (χ4n) is 1.71. The highest BCUT2D eigenvalue weighted by Crippen LogP contribution is 2.33. The fourth-order valence-corrected chi connectivity index (χ4v) is 1.83. The third-order valence-corrected chi connectivity index (χ3v) is 2.90. The summed E-state index contributed by atoms with van der Waals surface area (Å²) >= 11 is 4.81. The largest absolute Gasteiger partial charge is 0.405 e. The third kappa shape index (κ3) is 3.32. The van der Waals surface area contributed by atoms with E-state index in [1.54, 1.807) is 6.07 Å². The summed E-state index contributed by atoms with van der Waals surface area (Å²) in [6.07, 6.45) is -1.30. The van der Waals surface area contributed by atoms with Crippen LogP contribution in [0.4, 0.5) is 19.0 Å². The van der Waals surface area contributed by atoms with Gasteiger partial charge in [0, 0.05) is 17.8 Å². The first-order chi connectivity index (χ1) is 8.37. The first-order valence-corrected chi connectivity index (χ1v) is 5.87. The minimum atomic E-state index is -4.25. The number of anilines is 1. The number of pyridine rings is 1. The molecule has 0 aromatic carbocycles. The van der Waals surface area contributed by atoms with Crippen molar-refractivity contribution in [1.82, 2.24) is 4.98 Å². The van der Waals surface area contributed by atoms with E-state index in [0.29, 0.717) is 5.56 Å². The zero-order chi connectivity index (χ0) is 13.3. The molecule has 1 aromatic heterocycles. The van der Waals surface area contributed by atoms with Crippen LogP contribution < -0.4 is 10.6 Å². The van der Waals surface area contributed by atoms with E-state index in [2.05, 4.69) is 4.98 Å². The van der Waals surface area contributed by atoms with E-state index < -0.39 is 12.7 Å². The maximum absolute atomic E-state index is 12.5. The molecular weight excluding hydrogens is 263 g/mol. The number of halogens is 3. The van der Waals surface area contributed by atoms with Crippen LogP contribution in [0.3, 0.4) is 0 Å². The minimum Gasteiger partial charge on any atom is -0.389 e. The molecule has 1 aliphatic rings. The van der Waals surface area contributed by atoms with Gasteiger partial charge >= 0.3 is 6.18 Å². The van der Waals surface area contributed by atoms with Gasteiger partial charge in [-0.3, -0.25) is 0 Å². The molecule has 3 nitrogen and oxygen atoms in total. The highest BCUT2D eigenvalue weighted by molar-refractivity contribution is 7.80. The van der Waals surface area contributed by atoms with Gasteiger partial charge in [-0.25, -0.2) is 4.98 Å². The molecule has 2 rings (SSSR count). The predicted octanol–water partition coefficient (Wildman–Crippen LogP) is 2.25. The van der Waals surface area contributed by atoms with Gasteiger partial charge in [-0.1, -0.05) is 12.2 Å². The molecule has 1 heterocycles. The average Bonchev–Trinajstić information content (AvgIpc) is 3.08. The van der Waals surface area contributed by atoms with Crippen LogP contribution in [0.5, 0.6) is 0 Å². The second-order valence-electron chi connectivity index (χ2n) is 4.24. The fraction of sp³-hybridized carbons (Fsp3) is 0.455. The number of hydrogen-bond donors (Lipinski definition) is 1. The topological polar surface area (TPSA) is 42.1 Å². The molecule has 18 heavy (non-hydrogen) atoms. The van der Waals surface area contributed by atoms with Gasteiger partial charge in [0.2, 0.25) is 0 Å². The SMILES string of the molecule is NC(=S)c1ccnc(N(CC(F)(F)F)C2CC2)c1. The second-order valence-corrected chi connectivity index (χ2v) is 4.68. The summed E-state index contributed by atoms with van der Waals surface area (Å²) < 4.78 is 37.6. The van der Waals surface area contributed by atoms with Crippen LogP contribution in [0.25, 0.3) is 0 Å². The zero-order valence-electron chi connectivity index (χ0n) is 9.44. The van der Waals surface area contributed by atoms with Gasteiger partial charge in [0.1, 0.15) is 17.4 Å². The smallest absolute Gasteiger partial charge is 0.389 e. The molecule has 98 valence electrons. The van der Waals surface area contributed by atoms with Crippen LogP contribution in [0.2, 0.25) is 0 Å². The Morgan fingerprint density at radius 3 is 2.67 bits per heavy atom. The second kappa shape index (κ2) is 4.72. The van der Waals surface area contributed by atoms with E-state index >= 15 is 0 Å². The highest BCUT2D eigenvalue weighted by atomic mass is 32.1. The molecule has 7 heteroatoms. The number of hydrogen-bond acceptors (Lipinski definition) is 3. The Labute approximate surface area is 108 Å². The highest BCUT2D eigenvalue weighted by Gasteiger charge is 2.38. The normalized spacial score (nSPS) is 15.5. The molecule has 1 fully saturated rings. The van der Waals surface area contributed by atoms with Crippen molar-refractivity contribution < 1.29 is 13.2 Å². The molecule has 1 saturated carbocycles. The van der Waals surface area contributed by atoms with Gasteiger partial charge < -0.3 is 10.6 Å². The van der Waals surface area contributed by atoms with Crippen LogP contribution in [-0.4, -0.2) is 28.7 Å². The van der Waals surface area contributed by atoms with Gasteiger partial charge in [-0.15, -0.1) is 0 Å². The van der Waals surface area contributed by atoms with E-state index in [9.17, 15) is 13.2 Å². The molecule has 1 aliphatic carbocycles. The lowest BCUT2D eigenvalue weighted by Gasteiger charge is -2.25. The van der Waals surface area contributed by atoms with E-state index in [0.717, 1.165) is 12.8 Å². The zero-order valence-corrected chi connectivity index (χ0v) is 10.3. The molecule has 0 bridgehead atoms. The van der Waals surface area contributed by atoms with Crippen molar-refractivity contribution in [2.75, 3.05) is 11.4 Å². The molecule has 0 unspecified atom stereocenters. The third-order valence-electron chi connectivity index (χ3n) is 2.66. The monoisotopic (exact) mass is 275 g/mol. The molecule has 0 spiro atoms. The summed E-state index contributed by atoms with van der Waals surface area (Å²) in [6.45, 7) is -0.995. The summed E-state index contributed by atoms with van der Waals surface area (Å²) in [7, 11) is 0. The number of rotatable bonds is 4. The van der Waals surface area contributed by atoms with Crippen molar-refractivity contribution >= 4 is 23.0 Å². The Bertz CT molecular complexity index is 457. The molecule has 0 aliphatic heterocycles. The Balaban J connectivity index is 2.25. The number of aromatic nitrogens is 1. The standard InChI is InChI=1S/C11H12F3N3S/c12-11(13,14)6-17(8-1-2-8)9-5-7(10(15)18)3-4-16-9/h3-5,8H,1-2,6H2,(H2,15,18). The van der Waals surface area contributed by atoms with Crippen molar-refractivity contribution in [3.63, 3.8) is 0 Å². The van der Waals surface area contributed by atoms with Crippen LogP contribution in [-0.2, 0) is 0 Å². The number of thiocarbonyl (C=S) groups is 1. The van der Waals surface area contributed by atoms with E-state index in [4.69, 9.17) is 18.0 Å². The Hall–Kier alpha value is -1.37. The Morgan fingerprint density at radius 1 is 1.50 bits per heavy atom. The predicted molar refractivity (Wildman–Crippen MR) is 66.5 cm³/mol. The van der Waals surface area contributed by atoms with Crippen molar-refractivity contribution in [3.8, 4) is 0 Å². The van der Waals surface area contributed by atoms with Gasteiger partial charge in [0.05, 0.1) is 0 Å². The van der Waals surface area contributed by atoms with Crippen molar-refractivity contribution in [3.05, 3.63) is 23.9 Å². The lowest BCUT2D eigenvalue weighted by atomic mass is 10.2. The van der Waals surface area contributed by atoms with Crippen molar-refractivity contribution in [2.45, 2.75) is 25.1 Å². The summed E-state index contributed by atoms with van der Waals surface area (Å²) in [6, 6.07) is 3.01. The Kier molecular flexibility index (Phi) is 3.43. The first kappa shape index (κ1) is 13.1. The number of nitrogens with zero attached hydrogens (tertiary/aromatic N) is 2. The molecule has 0 atom stereocenters. The summed E-state index contributed by atoms with van der Waals surface area (Å²) in [4.78, 5) is 5.40. The van der Waals surface area contributed by atoms with E-state index in [1.807, 2.05) is 0 Å². The van der Waals surface area contributed by atoms with Crippen molar-refractivity contribution in [1.29, 1.82) is 0 Å². The summed E-state index contributed by atoms with van der Waals surface area (Å²) in [5.74, 6) is 0.278. The van der Waals surface area contributed by atoms with Gasteiger partial charge in [0.25, 0.3) is 0 Å². The van der Waals surface area contributed by atoms with Crippen LogP contribution >= 0.6 is 12.2 Å². The Morgan fingerprint density at radius 2 is 2.17 bits per heavy atom. The van der Waals surface area contributed by atoms with E-state index in [-0.39, 0.29) is 16.8 Å². The molecule has 0 amide bonds. The molecular formula is C11H12F3N3S. The van der Waals surface area contributed by atoms with Crippen molar-refractivity contribution in [2.24, 2.45) is 5.73 Å². The lowest BCUT2D eigenvalue weighted by molar-refractivity contribution is -0.120. The number of nitrogens with two attached hydrogens (primary N) is 1. The van der Waals surface area contributed by atoms with Crippen LogP contribution in [0.15, 0.2) is 18.3 Å². The molecule has 2 N–H and O–H groups in total. The molecule has 1 aromatic rings. The lowest BCUT2D eigenvalue weighted by Crippen LogP contribution is -2.36. The number of alkyl halides is 3. The minimum absolute atomic E-state index is 0.0827. The summed E-state index contributed by atoms with van der Waals surface area (Å²) in [5.41, 5.74) is 6.00. The van der Waals surface area contributed by atoms with Crippen LogP contribution in [0.1, 0.15) is 18.4 Å².